The number of benzene rings is 4. The Morgan fingerprint density at radius 3 is 1.91 bits per heavy atom. The monoisotopic (exact) mass is 1600 g/mol. The minimum atomic E-state index is -2.42. The summed E-state index contributed by atoms with van der Waals surface area (Å²) in [6.07, 6.45) is -1.69. The number of amides is 11. The maximum absolute atomic E-state index is 15.7. The number of carboxylic acid groups (broad SMARTS) is 2. The number of hydrogen-bond acceptors (Lipinski definition) is 20. The minimum absolute atomic E-state index is 0.0418. The molecule has 0 bridgehead atoms. The smallest absolute Gasteiger partial charge is 0.305 e. The quantitative estimate of drug-likeness (QED) is 0.0242. The number of carboxylic acids is 2. The van der Waals surface area contributed by atoms with E-state index in [4.69, 9.17) is 10.5 Å². The number of likely N-dealkylation sites (tertiary alicyclic amines) is 1. The van der Waals surface area contributed by atoms with Gasteiger partial charge in [0.25, 0.3) is 5.91 Å². The number of carbonyl (C=O) groups is 13. The van der Waals surface area contributed by atoms with Crippen LogP contribution >= 0.6 is 0 Å². The van der Waals surface area contributed by atoms with Crippen LogP contribution in [-0.2, 0) is 101 Å². The molecule has 1 saturated heterocycles. The van der Waals surface area contributed by atoms with E-state index in [0.29, 0.717) is 41.1 Å². The summed E-state index contributed by atoms with van der Waals surface area (Å²) >= 11 is 0. The summed E-state index contributed by atoms with van der Waals surface area (Å²) in [5.74, 6) is -15.6. The fourth-order valence-electron chi connectivity index (χ4n) is 13.3. The number of rotatable bonds is 41. The van der Waals surface area contributed by atoms with E-state index in [-0.39, 0.29) is 43.5 Å². The predicted molar refractivity (Wildman–Crippen MR) is 414 cm³/mol. The van der Waals surface area contributed by atoms with Gasteiger partial charge in [-0.15, -0.1) is 0 Å². The molecule has 4 aromatic carbocycles. The van der Waals surface area contributed by atoms with E-state index in [1.807, 2.05) is 50.2 Å². The molecule has 18 N–H and O–H groups in total. The number of nitrogens with two attached hydrogens (primary N) is 1. The van der Waals surface area contributed by atoms with E-state index in [0.717, 1.165) is 59.6 Å². The van der Waals surface area contributed by atoms with Crippen molar-refractivity contribution in [3.63, 3.8) is 0 Å². The van der Waals surface area contributed by atoms with Crippen LogP contribution in [0.5, 0.6) is 5.75 Å². The van der Waals surface area contributed by atoms with Crippen LogP contribution in [0.3, 0.4) is 0 Å². The topological polar surface area (TPSA) is 540 Å². The summed E-state index contributed by atoms with van der Waals surface area (Å²) in [7, 11) is 1.55. The molecule has 1 fully saturated rings. The van der Waals surface area contributed by atoms with Gasteiger partial charge >= 0.3 is 11.9 Å². The molecule has 3 aromatic heterocycles. The van der Waals surface area contributed by atoms with Crippen molar-refractivity contribution >= 4 is 76.9 Å². The highest BCUT2D eigenvalue weighted by atomic mass is 19.1. The average Bonchev–Trinajstić information content (AvgIpc) is 1.61. The van der Waals surface area contributed by atoms with E-state index < -0.39 is 193 Å². The van der Waals surface area contributed by atoms with Gasteiger partial charge in [0.05, 0.1) is 56.3 Å². The number of ether oxygens (including phenoxy) is 1. The van der Waals surface area contributed by atoms with Crippen LogP contribution in [0.4, 0.5) is 4.39 Å². The number of hydrogen-bond donors (Lipinski definition) is 17. The molecule has 0 unspecified atom stereocenters. The van der Waals surface area contributed by atoms with Gasteiger partial charge in [-0.25, -0.2) is 14.4 Å². The van der Waals surface area contributed by atoms with Crippen molar-refractivity contribution in [1.82, 2.24) is 77.7 Å². The molecule has 116 heavy (non-hydrogen) atoms. The van der Waals surface area contributed by atoms with Gasteiger partial charge in [0.15, 0.2) is 0 Å². The van der Waals surface area contributed by atoms with E-state index in [1.165, 1.54) is 56.4 Å². The zero-order valence-corrected chi connectivity index (χ0v) is 64.9. The van der Waals surface area contributed by atoms with E-state index in [9.17, 15) is 87.9 Å². The van der Waals surface area contributed by atoms with E-state index in [1.54, 1.807) is 49.6 Å². The second kappa shape index (κ2) is 40.8. The Hall–Kier alpha value is -12.8. The van der Waals surface area contributed by atoms with Gasteiger partial charge in [0, 0.05) is 74.9 Å². The summed E-state index contributed by atoms with van der Waals surface area (Å²) in [5.41, 5.74) is 8.19. The Morgan fingerprint density at radius 2 is 1.30 bits per heavy atom. The number of carbonyl (C=O) groups excluding carboxylic acids is 11. The van der Waals surface area contributed by atoms with Crippen molar-refractivity contribution in [1.29, 1.82) is 0 Å². The van der Waals surface area contributed by atoms with Crippen molar-refractivity contribution < 1.29 is 97.0 Å². The molecule has 0 radical (unpaired) electrons. The van der Waals surface area contributed by atoms with Crippen LogP contribution in [0.15, 0.2) is 134 Å². The first-order valence-electron chi connectivity index (χ1n) is 37.4. The number of imidazole rings is 2. The fraction of sp³-hybridized carbons (Fsp3) is 0.400. The summed E-state index contributed by atoms with van der Waals surface area (Å²) in [4.78, 5) is 200. The van der Waals surface area contributed by atoms with Crippen LogP contribution in [0.1, 0.15) is 106 Å². The predicted octanol–water partition coefficient (Wildman–Crippen LogP) is 0.107. The molecule has 0 spiro atoms. The van der Waals surface area contributed by atoms with Gasteiger partial charge in [-0.3, -0.25) is 67.3 Å². The number of aliphatic carboxylic acids is 2. The zero-order valence-electron chi connectivity index (χ0n) is 64.9. The number of pyridine rings is 1. The lowest BCUT2D eigenvalue weighted by Crippen LogP contribution is -2.67. The highest BCUT2D eigenvalue weighted by molar-refractivity contribution is 6.01. The molecule has 1 aliphatic heterocycles. The number of aliphatic hydroxyl groups is 3. The molecular formula is C80H97FN16O19. The molecule has 36 heteroatoms. The van der Waals surface area contributed by atoms with Crippen LogP contribution in [0.25, 0.3) is 22.4 Å². The Morgan fingerprint density at radius 1 is 0.664 bits per heavy atom. The molecule has 12 atom stereocenters. The highest BCUT2D eigenvalue weighted by Crippen LogP contribution is 2.32. The van der Waals surface area contributed by atoms with Crippen LogP contribution in [0, 0.1) is 12.7 Å². The zero-order chi connectivity index (χ0) is 84.7. The van der Waals surface area contributed by atoms with Gasteiger partial charge in [-0.2, -0.15) is 0 Å². The Balaban J connectivity index is 0.988. The highest BCUT2D eigenvalue weighted by Gasteiger charge is 2.49. The second-order valence-electron chi connectivity index (χ2n) is 28.8. The molecule has 0 aliphatic carbocycles. The number of aromatic amines is 2. The first-order valence-corrected chi connectivity index (χ1v) is 37.4. The Labute approximate surface area is 666 Å². The summed E-state index contributed by atoms with van der Waals surface area (Å²) in [6, 6.07) is 15.9. The molecule has 0 saturated carbocycles. The van der Waals surface area contributed by atoms with Gasteiger partial charge in [0.1, 0.15) is 71.0 Å². The fourth-order valence-corrected chi connectivity index (χ4v) is 13.3. The minimum Gasteiger partial charge on any atom is -0.497 e. The lowest BCUT2D eigenvalue weighted by atomic mass is 9.90. The lowest BCUT2D eigenvalue weighted by molar-refractivity contribution is -0.151. The molecular weight excluding hydrogens is 1510 g/mol. The lowest BCUT2D eigenvalue weighted by Gasteiger charge is -2.36. The van der Waals surface area contributed by atoms with E-state index in [2.05, 4.69) is 72.8 Å². The molecule has 7 aromatic rings. The Kier molecular flexibility index (Phi) is 31.2. The number of methoxy groups -OCH3 is 1. The molecule has 4 heterocycles. The summed E-state index contributed by atoms with van der Waals surface area (Å²) in [6.45, 7) is 7.52. The van der Waals surface area contributed by atoms with Crippen LogP contribution < -0.4 is 58.3 Å². The molecule has 8 rings (SSSR count). The average molecular weight is 1610 g/mol. The second-order valence-corrected chi connectivity index (χ2v) is 28.8. The maximum atomic E-state index is 15.7. The number of aromatic nitrogens is 5. The van der Waals surface area contributed by atoms with Gasteiger partial charge in [-0.05, 0) is 124 Å². The van der Waals surface area contributed by atoms with Crippen LogP contribution in [-0.4, -0.2) is 224 Å². The normalized spacial score (nSPS) is 16.2. The van der Waals surface area contributed by atoms with Crippen molar-refractivity contribution in [3.8, 4) is 28.1 Å². The molecule has 11 amide bonds. The molecule has 618 valence electrons. The van der Waals surface area contributed by atoms with Gasteiger partial charge < -0.3 is 98.7 Å². The number of nitrogens with zero attached hydrogens (tertiary/aromatic N) is 4. The standard InChI is InChI=1S/C80H97FN16O19/c1-8-48-32-53(116-7)23-24-55(48)49-21-18-46(19-22-49)30-60(71(108)89-59(69(82)106)31-47-20-25-57(85-37-47)54-16-11-9-14-43(54)2)90-73(110)62(35-66(104)105)91-72(109)61(33-51-38-83-41-87-51)92-74(111)67(44(3)98)95-77(114)79(5,36-50-15-10-12-17-56(50)81)96-75(112)68(45(4)99)94-64(101)40-86-70(107)58(26-27-65(102)103)93-78(115)80(6)28-13-29-97(80)76(113)63(100)34-52-39-84-42-88-52/h9-12,14-25,32,37-39,41-42,44-45,58-63,67-68,98-100H,8,13,26-31,33-36,40H2,1-7H3,(H2,82,106)(H,83,87)(H,84,88)(H,86,107)(H,89,108)(H,90,110)(H,91,109)(H,92,111)(H,93,115)(H,94,101)(H,95,114)(H,96,112)(H,102,103)(H,104,105)/t44-,45-,58+,59+,60+,61+,62+,63+,67+,68+,79+,80-/m1/s1. The van der Waals surface area contributed by atoms with E-state index >= 15 is 4.39 Å². The number of nitrogens with one attached hydrogen (secondary N) is 11. The van der Waals surface area contributed by atoms with Gasteiger partial charge in [0.2, 0.25) is 59.1 Å². The molecule has 35 nitrogen and oxygen atoms in total. The van der Waals surface area contributed by atoms with Gasteiger partial charge in [-0.1, -0.05) is 85.8 Å². The third-order valence-corrected chi connectivity index (χ3v) is 19.9. The number of aliphatic hydroxyl groups excluding tert-OH is 3. The summed E-state index contributed by atoms with van der Waals surface area (Å²) < 4.78 is 21.1. The van der Waals surface area contributed by atoms with Crippen LogP contribution in [0.2, 0.25) is 0 Å². The SMILES string of the molecule is CCc1cc(OC)ccc1-c1ccc(C[C@H](NC(=O)[C@H](CC(=O)O)NC(=O)[C@H](Cc2c[nH]cn2)NC(=O)[C@@H](NC(=O)[C@](C)(Cc2ccccc2F)NC(=O)[C@@H](NC(=O)CNC(=O)[C@H](CCC(=O)O)NC(=O)[C@@]2(C)CCCN2C(=O)[C@@H](O)Cc2cnc[nH]2)[C@@H](C)O)[C@@H](C)O)C(=O)N[C@@H](Cc2ccc(-c3ccccc3C)nc2)C(N)=O)cc1. The Bertz CT molecular complexity index is 4670. The summed E-state index contributed by atoms with van der Waals surface area (Å²) in [5, 5.41) is 74.6. The maximum Gasteiger partial charge on any atom is 0.305 e. The van der Waals surface area contributed by atoms with Crippen molar-refractivity contribution in [2.45, 2.75) is 184 Å². The first-order chi connectivity index (χ1) is 55.1. The number of H-pyrrole nitrogens is 2. The molecule has 1 aliphatic rings. The number of primary amides is 1. The number of aryl methyl sites for hydroxylation is 2. The third-order valence-electron chi connectivity index (χ3n) is 19.9. The largest absolute Gasteiger partial charge is 0.497 e. The van der Waals surface area contributed by atoms with Crippen molar-refractivity contribution in [2.75, 3.05) is 20.2 Å². The third kappa shape index (κ3) is 24.1. The number of halogens is 1. The van der Waals surface area contributed by atoms with Crippen molar-refractivity contribution in [2.24, 2.45) is 5.73 Å². The first kappa shape index (κ1) is 88.7. The van der Waals surface area contributed by atoms with Crippen molar-refractivity contribution in [3.05, 3.63) is 179 Å².